The number of anilines is 4. The Morgan fingerprint density at radius 1 is 1.21 bits per heavy atom. The average molecular weight is 394 g/mol. The molecule has 1 atom stereocenters. The van der Waals surface area contributed by atoms with Crippen molar-refractivity contribution in [3.63, 3.8) is 0 Å². The molecule has 1 aliphatic rings. The molecule has 0 saturated carbocycles. The quantitative estimate of drug-likeness (QED) is 0.650. The van der Waals surface area contributed by atoms with E-state index in [1.54, 1.807) is 0 Å². The maximum atomic E-state index is 13.1. The number of alkyl halides is 3. The molecule has 1 aromatic heterocycles. The summed E-state index contributed by atoms with van der Waals surface area (Å²) in [6.45, 7) is 3.74. The van der Waals surface area contributed by atoms with Crippen LogP contribution in [-0.4, -0.2) is 36.1 Å². The van der Waals surface area contributed by atoms with Crippen LogP contribution in [0.4, 0.5) is 36.3 Å². The number of rotatable bonds is 6. The highest BCUT2D eigenvalue weighted by Gasteiger charge is 2.31. The van der Waals surface area contributed by atoms with Crippen molar-refractivity contribution >= 4 is 23.1 Å². The van der Waals surface area contributed by atoms with Gasteiger partial charge in [0.05, 0.1) is 5.56 Å². The largest absolute Gasteiger partial charge is 0.416 e. The molecule has 152 valence electrons. The highest BCUT2D eigenvalue weighted by atomic mass is 19.4. The molecule has 0 aliphatic carbocycles. The van der Waals surface area contributed by atoms with Crippen molar-refractivity contribution in [2.75, 3.05) is 36.1 Å². The highest BCUT2D eigenvalue weighted by molar-refractivity contribution is 5.63. The van der Waals surface area contributed by atoms with Gasteiger partial charge in [0.15, 0.2) is 0 Å². The van der Waals surface area contributed by atoms with Gasteiger partial charge in [-0.05, 0) is 38.1 Å². The van der Waals surface area contributed by atoms with Crippen molar-refractivity contribution in [2.24, 2.45) is 0 Å². The summed E-state index contributed by atoms with van der Waals surface area (Å²) in [6.07, 6.45) is -1.79. The Morgan fingerprint density at radius 3 is 2.64 bits per heavy atom. The van der Waals surface area contributed by atoms with E-state index in [-0.39, 0.29) is 17.3 Å². The molecule has 4 N–H and O–H groups in total. The molecule has 1 fully saturated rings. The molecule has 3 rings (SSSR count). The maximum Gasteiger partial charge on any atom is 0.416 e. The fourth-order valence-corrected chi connectivity index (χ4v) is 3.31. The lowest BCUT2D eigenvalue weighted by Crippen LogP contribution is -2.30. The van der Waals surface area contributed by atoms with Crippen molar-refractivity contribution in [3.8, 4) is 0 Å². The molecule has 9 heteroatoms. The van der Waals surface area contributed by atoms with Gasteiger partial charge >= 0.3 is 6.18 Å². The molecule has 1 aliphatic heterocycles. The monoisotopic (exact) mass is 394 g/mol. The molecular formula is C19H25F3N6. The first-order chi connectivity index (χ1) is 13.3. The summed E-state index contributed by atoms with van der Waals surface area (Å²) in [4.78, 5) is 11.2. The minimum atomic E-state index is -4.47. The number of likely N-dealkylation sites (N-methyl/N-ethyl adjacent to an activating group) is 1. The fraction of sp³-hybridized carbons (Fsp3) is 0.474. The van der Waals surface area contributed by atoms with Gasteiger partial charge < -0.3 is 21.3 Å². The van der Waals surface area contributed by atoms with Crippen molar-refractivity contribution in [3.05, 3.63) is 35.5 Å². The van der Waals surface area contributed by atoms with Gasteiger partial charge in [0.2, 0.25) is 5.95 Å². The van der Waals surface area contributed by atoms with E-state index in [1.165, 1.54) is 6.07 Å². The lowest BCUT2D eigenvalue weighted by atomic mass is 10.1. The first-order valence-electron chi connectivity index (χ1n) is 9.33. The number of halogens is 3. The summed E-state index contributed by atoms with van der Waals surface area (Å²) in [5.41, 5.74) is 5.93. The Hall–Kier alpha value is -2.55. The molecule has 28 heavy (non-hydrogen) atoms. The van der Waals surface area contributed by atoms with Gasteiger partial charge in [-0.15, -0.1) is 0 Å². The first-order valence-corrected chi connectivity index (χ1v) is 9.33. The van der Waals surface area contributed by atoms with E-state index in [9.17, 15) is 13.2 Å². The number of aromatic nitrogens is 2. The molecule has 1 saturated heterocycles. The highest BCUT2D eigenvalue weighted by Crippen LogP contribution is 2.33. The van der Waals surface area contributed by atoms with E-state index >= 15 is 0 Å². The molecule has 0 radical (unpaired) electrons. The third-order valence-electron chi connectivity index (χ3n) is 4.73. The van der Waals surface area contributed by atoms with Crippen molar-refractivity contribution < 1.29 is 13.2 Å². The second-order valence-electron chi connectivity index (χ2n) is 6.98. The van der Waals surface area contributed by atoms with Crippen LogP contribution in [0.5, 0.6) is 0 Å². The summed E-state index contributed by atoms with van der Waals surface area (Å²) < 4.78 is 39.2. The molecular weight excluding hydrogens is 369 g/mol. The molecule has 0 amide bonds. The first kappa shape index (κ1) is 20.2. The van der Waals surface area contributed by atoms with E-state index in [2.05, 4.69) is 32.4 Å². The second-order valence-corrected chi connectivity index (χ2v) is 6.98. The number of nitrogen functional groups attached to an aromatic ring is 1. The molecule has 0 unspecified atom stereocenters. The molecule has 2 heterocycles. The van der Waals surface area contributed by atoms with Crippen LogP contribution in [0, 0.1) is 0 Å². The van der Waals surface area contributed by atoms with Gasteiger partial charge in [-0.3, -0.25) is 0 Å². The third-order valence-corrected chi connectivity index (χ3v) is 4.73. The van der Waals surface area contributed by atoms with Crippen LogP contribution < -0.4 is 21.3 Å². The van der Waals surface area contributed by atoms with Crippen LogP contribution in [0.1, 0.15) is 31.0 Å². The fourth-order valence-electron chi connectivity index (χ4n) is 3.31. The van der Waals surface area contributed by atoms with Gasteiger partial charge in [-0.25, -0.2) is 4.98 Å². The molecule has 0 bridgehead atoms. The number of nitrogens with two attached hydrogens (primary N) is 1. The molecule has 6 nitrogen and oxygen atoms in total. The molecule has 0 spiro atoms. The van der Waals surface area contributed by atoms with Gasteiger partial charge in [-0.1, -0.05) is 13.3 Å². The van der Waals surface area contributed by atoms with Crippen molar-refractivity contribution in [1.82, 2.24) is 15.3 Å². The SMILES string of the molecule is CCCc1cc(N2CC[C@H](NC)C2)nc(Nc2cc(N)cc(C(F)(F)F)c2)n1. The molecule has 1 aromatic carbocycles. The second kappa shape index (κ2) is 8.22. The van der Waals surface area contributed by atoms with Gasteiger partial charge in [0, 0.05) is 42.3 Å². The predicted octanol–water partition coefficient (Wildman–Crippen LogP) is 3.57. The predicted molar refractivity (Wildman–Crippen MR) is 105 cm³/mol. The Bertz CT molecular complexity index is 824. The van der Waals surface area contributed by atoms with Crippen LogP contribution in [0.2, 0.25) is 0 Å². The van der Waals surface area contributed by atoms with E-state index in [0.717, 1.165) is 56.0 Å². The van der Waals surface area contributed by atoms with Gasteiger partial charge in [-0.2, -0.15) is 18.2 Å². The minimum Gasteiger partial charge on any atom is -0.399 e. The summed E-state index contributed by atoms with van der Waals surface area (Å²) in [5, 5.41) is 6.16. The van der Waals surface area contributed by atoms with Crippen LogP contribution in [-0.2, 0) is 12.6 Å². The third kappa shape index (κ3) is 4.83. The number of hydrogen-bond donors (Lipinski definition) is 3. The number of nitrogens with one attached hydrogen (secondary N) is 2. The zero-order valence-electron chi connectivity index (χ0n) is 16.0. The van der Waals surface area contributed by atoms with Crippen LogP contribution in [0.15, 0.2) is 24.3 Å². The van der Waals surface area contributed by atoms with Crippen LogP contribution >= 0.6 is 0 Å². The van der Waals surface area contributed by atoms with Crippen LogP contribution in [0.25, 0.3) is 0 Å². The Labute approximate surface area is 162 Å². The maximum absolute atomic E-state index is 13.1. The van der Waals surface area contributed by atoms with Crippen molar-refractivity contribution in [2.45, 2.75) is 38.4 Å². The number of aryl methyl sites for hydroxylation is 1. The minimum absolute atomic E-state index is 0.0265. The van der Waals surface area contributed by atoms with Gasteiger partial charge in [0.1, 0.15) is 5.82 Å². The summed E-state index contributed by atoms with van der Waals surface area (Å²) >= 11 is 0. The van der Waals surface area contributed by atoms with E-state index in [4.69, 9.17) is 5.73 Å². The normalized spacial score (nSPS) is 17.2. The van der Waals surface area contributed by atoms with Crippen molar-refractivity contribution in [1.29, 1.82) is 0 Å². The van der Waals surface area contributed by atoms with Gasteiger partial charge in [0.25, 0.3) is 0 Å². The Balaban J connectivity index is 1.90. The zero-order chi connectivity index (χ0) is 20.3. The van der Waals surface area contributed by atoms with E-state index < -0.39 is 11.7 Å². The zero-order valence-corrected chi connectivity index (χ0v) is 16.0. The standard InChI is InChI=1S/C19H25F3N6/c1-3-4-14-10-17(28-6-5-15(11-28)24-2)27-18(25-14)26-16-8-12(19(20,21)22)7-13(23)9-16/h7-10,15,24H,3-6,11,23H2,1-2H3,(H,25,26,27)/t15-/m0/s1. The Morgan fingerprint density at radius 2 is 2.00 bits per heavy atom. The average Bonchev–Trinajstić information content (AvgIpc) is 3.10. The number of benzene rings is 1. The summed E-state index contributed by atoms with van der Waals surface area (Å²) in [7, 11) is 1.93. The Kier molecular flexibility index (Phi) is 5.93. The smallest absolute Gasteiger partial charge is 0.399 e. The summed E-state index contributed by atoms with van der Waals surface area (Å²) in [6, 6.07) is 5.71. The summed E-state index contributed by atoms with van der Waals surface area (Å²) in [5.74, 6) is 1.05. The number of hydrogen-bond acceptors (Lipinski definition) is 6. The van der Waals surface area contributed by atoms with E-state index in [1.807, 2.05) is 13.1 Å². The topological polar surface area (TPSA) is 79.1 Å². The van der Waals surface area contributed by atoms with E-state index in [0.29, 0.717) is 6.04 Å². The van der Waals surface area contributed by atoms with Crippen LogP contribution in [0.3, 0.4) is 0 Å². The molecule has 2 aromatic rings. The lowest BCUT2D eigenvalue weighted by molar-refractivity contribution is -0.137. The number of nitrogens with zero attached hydrogens (tertiary/aromatic N) is 3. The lowest BCUT2D eigenvalue weighted by Gasteiger charge is -2.19.